The Morgan fingerprint density at radius 2 is 1.74 bits per heavy atom. The van der Waals surface area contributed by atoms with Crippen molar-refractivity contribution in [3.05, 3.63) is 70.3 Å². The molecule has 2 aromatic rings. The lowest BCUT2D eigenvalue weighted by atomic mass is 9.56. The quantitative estimate of drug-likeness (QED) is 0.416. The molecule has 2 aromatic carbocycles. The van der Waals surface area contributed by atoms with Gasteiger partial charge in [-0.3, -0.25) is 14.4 Å². The third-order valence-corrected chi connectivity index (χ3v) is 7.89. The Labute approximate surface area is 201 Å². The number of aromatic hydroxyl groups is 1. The normalized spacial score (nSPS) is 29.9. The predicted molar refractivity (Wildman–Crippen MR) is 125 cm³/mol. The zero-order chi connectivity index (χ0) is 25.1. The molecule has 0 heterocycles. The molecule has 0 saturated heterocycles. The minimum atomic E-state index is -2.56. The highest BCUT2D eigenvalue weighted by Gasteiger charge is 2.63. The van der Waals surface area contributed by atoms with E-state index in [4.69, 9.17) is 5.73 Å². The second kappa shape index (κ2) is 8.32. The molecule has 0 aromatic heterocycles. The van der Waals surface area contributed by atoms with Gasteiger partial charge < -0.3 is 26.2 Å². The van der Waals surface area contributed by atoms with Gasteiger partial charge in [-0.1, -0.05) is 36.4 Å². The van der Waals surface area contributed by atoms with Crippen LogP contribution in [0.15, 0.2) is 48.0 Å². The fourth-order valence-electron chi connectivity index (χ4n) is 6.15. The summed E-state index contributed by atoms with van der Waals surface area (Å²) in [4.78, 5) is 38.3. The number of carbonyl (C=O) groups excluding carboxylic acids is 3. The molecule has 6 N–H and O–H groups in total. The zero-order valence-corrected chi connectivity index (χ0v) is 19.0. The molecule has 2 unspecified atom stereocenters. The van der Waals surface area contributed by atoms with Crippen LogP contribution in [0.25, 0.3) is 5.76 Å². The predicted octanol–water partition coefficient (Wildman–Crippen LogP) is 1.37. The van der Waals surface area contributed by atoms with Gasteiger partial charge in [0.2, 0.25) is 11.7 Å². The van der Waals surface area contributed by atoms with E-state index in [0.717, 1.165) is 23.1 Å². The minimum Gasteiger partial charge on any atom is -0.507 e. The van der Waals surface area contributed by atoms with E-state index in [2.05, 4.69) is 0 Å². The van der Waals surface area contributed by atoms with Crippen LogP contribution >= 0.6 is 0 Å². The van der Waals surface area contributed by atoms with Crippen LogP contribution in [-0.2, 0) is 33.6 Å². The van der Waals surface area contributed by atoms with E-state index in [1.165, 1.54) is 6.07 Å². The first-order valence-corrected chi connectivity index (χ1v) is 11.7. The third kappa shape index (κ3) is 3.47. The highest BCUT2D eigenvalue weighted by atomic mass is 16.3. The number of Topliss-reactive ketones (excluding diaryl/α,β-unsaturated/α-hetero) is 2. The summed E-state index contributed by atoms with van der Waals surface area (Å²) in [6, 6.07) is 13.2. The van der Waals surface area contributed by atoms with Gasteiger partial charge >= 0.3 is 0 Å². The summed E-state index contributed by atoms with van der Waals surface area (Å²) in [6.45, 7) is 0. The smallest absolute Gasteiger partial charge is 0.230 e. The summed E-state index contributed by atoms with van der Waals surface area (Å²) in [5.74, 6) is -7.02. The van der Waals surface area contributed by atoms with Gasteiger partial charge in [-0.05, 0) is 60.8 Å². The van der Waals surface area contributed by atoms with E-state index < -0.39 is 52.7 Å². The summed E-state index contributed by atoms with van der Waals surface area (Å²) in [5.41, 5.74) is 5.51. The standard InChI is InChI=1S/C27H27NO7/c28-26(34)22-19(30)12-16-10-15-11-17-14(7-6-13-4-2-1-3-5-13)8-9-18(29)21(17)23(31)20(15)24(32)27(16,35)25(22)33/h1-5,8-9,15-16,19,22,29-31,35H,6-7,10-12H2,(H2,28,34)/t15-,16+,19?,22?,27+/m1/s1. The fourth-order valence-corrected chi connectivity index (χ4v) is 6.15. The zero-order valence-electron chi connectivity index (χ0n) is 19.0. The number of hydrogen-bond acceptors (Lipinski definition) is 7. The van der Waals surface area contributed by atoms with Crippen LogP contribution in [0.2, 0.25) is 0 Å². The number of aliphatic hydroxyl groups excluding tert-OH is 2. The average Bonchev–Trinajstić information content (AvgIpc) is 2.81. The van der Waals surface area contributed by atoms with Gasteiger partial charge in [-0.25, -0.2) is 0 Å². The first kappa shape index (κ1) is 23.3. The molecule has 182 valence electrons. The van der Waals surface area contributed by atoms with Crippen LogP contribution in [0.1, 0.15) is 35.1 Å². The SMILES string of the molecule is NC(=O)C1C(=O)[C@@]2(O)C(=O)C3=C(O)c4c(O)ccc(CCc5ccccc5)c4C[C@H]3C[C@H]2CC1O. The molecular formula is C27H27NO7. The molecule has 0 radical (unpaired) electrons. The lowest BCUT2D eigenvalue weighted by Crippen LogP contribution is -2.66. The number of primary amides is 1. The van der Waals surface area contributed by atoms with Crippen molar-refractivity contribution in [1.82, 2.24) is 0 Å². The number of hydrogen-bond donors (Lipinski definition) is 5. The van der Waals surface area contributed by atoms with E-state index >= 15 is 0 Å². The Kier molecular flexibility index (Phi) is 5.53. The molecule has 3 aliphatic rings. The van der Waals surface area contributed by atoms with Crippen LogP contribution in [-0.4, -0.2) is 49.6 Å². The second-order valence-electron chi connectivity index (χ2n) is 9.82. The van der Waals surface area contributed by atoms with Crippen molar-refractivity contribution in [2.75, 3.05) is 0 Å². The summed E-state index contributed by atoms with van der Waals surface area (Å²) >= 11 is 0. The summed E-state index contributed by atoms with van der Waals surface area (Å²) < 4.78 is 0. The number of carbonyl (C=O) groups is 3. The largest absolute Gasteiger partial charge is 0.507 e. The van der Waals surface area contributed by atoms with Gasteiger partial charge in [-0.2, -0.15) is 0 Å². The molecule has 2 fully saturated rings. The first-order valence-electron chi connectivity index (χ1n) is 11.7. The monoisotopic (exact) mass is 477 g/mol. The average molecular weight is 478 g/mol. The summed E-state index contributed by atoms with van der Waals surface area (Å²) in [7, 11) is 0. The maximum atomic E-state index is 13.5. The van der Waals surface area contributed by atoms with Crippen molar-refractivity contribution in [2.24, 2.45) is 23.5 Å². The number of benzene rings is 2. The molecular weight excluding hydrogens is 450 g/mol. The maximum absolute atomic E-state index is 13.5. The van der Waals surface area contributed by atoms with Gasteiger partial charge in [0.1, 0.15) is 17.4 Å². The Morgan fingerprint density at radius 3 is 2.43 bits per heavy atom. The Hall–Kier alpha value is -3.49. The van der Waals surface area contributed by atoms with Crippen molar-refractivity contribution in [3.63, 3.8) is 0 Å². The molecule has 1 amide bonds. The molecule has 5 atom stereocenters. The van der Waals surface area contributed by atoms with Crippen LogP contribution in [0.4, 0.5) is 0 Å². The molecule has 0 aliphatic heterocycles. The Balaban J connectivity index is 1.56. The molecule has 3 aliphatic carbocycles. The highest BCUT2D eigenvalue weighted by Crippen LogP contribution is 2.51. The van der Waals surface area contributed by atoms with Crippen LogP contribution < -0.4 is 5.73 Å². The maximum Gasteiger partial charge on any atom is 0.230 e. The lowest BCUT2D eigenvalue weighted by molar-refractivity contribution is -0.174. The second-order valence-corrected chi connectivity index (χ2v) is 9.82. The van der Waals surface area contributed by atoms with E-state index in [0.29, 0.717) is 12.8 Å². The number of aliphatic hydroxyl groups is 3. The van der Waals surface area contributed by atoms with Gasteiger partial charge in [0.25, 0.3) is 0 Å². The summed E-state index contributed by atoms with van der Waals surface area (Å²) in [5, 5.41) is 43.4. The van der Waals surface area contributed by atoms with Gasteiger partial charge in [0.05, 0.1) is 11.7 Å². The number of aryl methyl sites for hydroxylation is 2. The van der Waals surface area contributed by atoms with Crippen molar-refractivity contribution in [1.29, 1.82) is 0 Å². The highest BCUT2D eigenvalue weighted by molar-refractivity contribution is 6.24. The third-order valence-electron chi connectivity index (χ3n) is 7.89. The molecule has 5 rings (SSSR count). The molecule has 35 heavy (non-hydrogen) atoms. The van der Waals surface area contributed by atoms with Gasteiger partial charge in [0.15, 0.2) is 11.4 Å². The van der Waals surface area contributed by atoms with Crippen molar-refractivity contribution in [2.45, 2.75) is 43.8 Å². The molecule has 8 nitrogen and oxygen atoms in total. The number of phenolic OH excluding ortho intramolecular Hbond substituents is 1. The van der Waals surface area contributed by atoms with Gasteiger partial charge in [0, 0.05) is 11.5 Å². The summed E-state index contributed by atoms with van der Waals surface area (Å²) in [6.07, 6.45) is 0.355. The Bertz CT molecular complexity index is 1270. The number of phenols is 1. The first-order chi connectivity index (χ1) is 16.6. The fraction of sp³-hybridized carbons (Fsp3) is 0.370. The number of rotatable bonds is 4. The van der Waals surface area contributed by atoms with Crippen molar-refractivity contribution in [3.8, 4) is 5.75 Å². The van der Waals surface area contributed by atoms with Crippen LogP contribution in [0.5, 0.6) is 5.75 Å². The minimum absolute atomic E-state index is 0.125. The lowest BCUT2D eigenvalue weighted by Gasteiger charge is -2.48. The van der Waals surface area contributed by atoms with Crippen LogP contribution in [0.3, 0.4) is 0 Å². The van der Waals surface area contributed by atoms with E-state index in [1.807, 2.05) is 36.4 Å². The number of amides is 1. The number of ketones is 2. The molecule has 8 heteroatoms. The van der Waals surface area contributed by atoms with E-state index in [9.17, 15) is 34.8 Å². The number of nitrogens with two attached hydrogens (primary N) is 1. The Morgan fingerprint density at radius 1 is 1.03 bits per heavy atom. The van der Waals surface area contributed by atoms with Gasteiger partial charge in [-0.15, -0.1) is 0 Å². The molecule has 0 bridgehead atoms. The van der Waals surface area contributed by atoms with Crippen LogP contribution in [0, 0.1) is 17.8 Å². The molecule has 2 saturated carbocycles. The topological polar surface area (TPSA) is 158 Å². The molecule has 0 spiro atoms. The van der Waals surface area contributed by atoms with Crippen molar-refractivity contribution < 1.29 is 34.8 Å². The number of fused-ring (bicyclic) bond motifs is 3. The van der Waals surface area contributed by atoms with Crippen molar-refractivity contribution >= 4 is 23.2 Å². The van der Waals surface area contributed by atoms with E-state index in [1.54, 1.807) is 0 Å². The van der Waals surface area contributed by atoms with E-state index in [-0.39, 0.29) is 29.7 Å².